The second-order valence-electron chi connectivity index (χ2n) is 2.32. The summed E-state index contributed by atoms with van der Waals surface area (Å²) in [4.78, 5) is 8.17. The minimum absolute atomic E-state index is 0.898. The summed E-state index contributed by atoms with van der Waals surface area (Å²) in [5.41, 5.74) is 1.07. The highest BCUT2D eigenvalue weighted by atomic mass is 14.7. The van der Waals surface area contributed by atoms with Gasteiger partial charge in [-0.05, 0) is 12.5 Å². The fourth-order valence-corrected chi connectivity index (χ4v) is 0.751. The molecule has 2 nitrogen and oxygen atoms in total. The lowest BCUT2D eigenvalue weighted by molar-refractivity contribution is 0.937. The Bertz CT molecular complexity index is 216. The normalized spacial score (nSPS) is 10.6. The second kappa shape index (κ2) is 4.61. The van der Waals surface area contributed by atoms with Gasteiger partial charge in [0.25, 0.3) is 0 Å². The summed E-state index contributed by atoms with van der Waals surface area (Å²) in [5, 5.41) is 0. The Labute approximate surface area is 67.0 Å². The van der Waals surface area contributed by atoms with Gasteiger partial charge >= 0.3 is 0 Å². The van der Waals surface area contributed by atoms with Gasteiger partial charge in [0.2, 0.25) is 0 Å². The Hall–Kier alpha value is -1.18. The minimum atomic E-state index is 0.898. The Balaban J connectivity index is 2.50. The van der Waals surface area contributed by atoms with Crippen LogP contribution in [0.5, 0.6) is 0 Å². The zero-order valence-electron chi connectivity index (χ0n) is 6.70. The third kappa shape index (κ3) is 2.94. The van der Waals surface area contributed by atoms with Gasteiger partial charge in [-0.3, -0.25) is 9.98 Å². The van der Waals surface area contributed by atoms with E-state index >= 15 is 0 Å². The van der Waals surface area contributed by atoms with Crippen molar-refractivity contribution in [1.29, 1.82) is 0 Å². The first kappa shape index (κ1) is 7.92. The van der Waals surface area contributed by atoms with Gasteiger partial charge in [0, 0.05) is 30.7 Å². The average molecular weight is 148 g/mol. The van der Waals surface area contributed by atoms with Gasteiger partial charge < -0.3 is 0 Å². The van der Waals surface area contributed by atoms with E-state index < -0.39 is 0 Å². The zero-order valence-corrected chi connectivity index (χ0v) is 6.70. The highest BCUT2D eigenvalue weighted by Crippen LogP contribution is 1.90. The fourth-order valence-electron chi connectivity index (χ4n) is 0.751. The van der Waals surface area contributed by atoms with Crippen molar-refractivity contribution >= 4 is 6.21 Å². The van der Waals surface area contributed by atoms with Crippen molar-refractivity contribution < 1.29 is 0 Å². The van der Waals surface area contributed by atoms with Gasteiger partial charge in [0.1, 0.15) is 0 Å². The van der Waals surface area contributed by atoms with Gasteiger partial charge in [-0.1, -0.05) is 13.0 Å². The van der Waals surface area contributed by atoms with Crippen LogP contribution in [-0.2, 0) is 0 Å². The van der Waals surface area contributed by atoms with Crippen LogP contribution in [0, 0.1) is 0 Å². The molecule has 0 spiro atoms. The Morgan fingerprint density at radius 2 is 2.55 bits per heavy atom. The maximum atomic E-state index is 4.20. The molecule has 1 heterocycles. The number of hydrogen-bond acceptors (Lipinski definition) is 2. The molecular formula is C9H12N2. The summed E-state index contributed by atoms with van der Waals surface area (Å²) in [7, 11) is 0. The van der Waals surface area contributed by atoms with Crippen LogP contribution in [0.3, 0.4) is 0 Å². The van der Waals surface area contributed by atoms with Crippen molar-refractivity contribution in [3.8, 4) is 0 Å². The van der Waals surface area contributed by atoms with Gasteiger partial charge in [0.05, 0.1) is 0 Å². The summed E-state index contributed by atoms with van der Waals surface area (Å²) in [6, 6.07) is 3.90. The van der Waals surface area contributed by atoms with Gasteiger partial charge in [-0.2, -0.15) is 0 Å². The van der Waals surface area contributed by atoms with Crippen LogP contribution in [0.2, 0.25) is 0 Å². The molecule has 1 rings (SSSR count). The molecule has 0 amide bonds. The summed E-state index contributed by atoms with van der Waals surface area (Å²) >= 11 is 0. The van der Waals surface area contributed by atoms with Crippen LogP contribution in [0.25, 0.3) is 0 Å². The fraction of sp³-hybridized carbons (Fsp3) is 0.333. The van der Waals surface area contributed by atoms with Gasteiger partial charge in [0.15, 0.2) is 0 Å². The van der Waals surface area contributed by atoms with Gasteiger partial charge in [-0.15, -0.1) is 0 Å². The second-order valence-corrected chi connectivity index (χ2v) is 2.32. The summed E-state index contributed by atoms with van der Waals surface area (Å²) in [6.45, 7) is 3.01. The molecule has 0 bridgehead atoms. The van der Waals surface area contributed by atoms with Crippen molar-refractivity contribution in [3.63, 3.8) is 0 Å². The van der Waals surface area contributed by atoms with E-state index in [0.29, 0.717) is 0 Å². The smallest absolute Gasteiger partial charge is 0.0386 e. The number of nitrogens with zero attached hydrogens (tertiary/aromatic N) is 2. The molecular weight excluding hydrogens is 136 g/mol. The van der Waals surface area contributed by atoms with Crippen molar-refractivity contribution in [2.45, 2.75) is 13.3 Å². The van der Waals surface area contributed by atoms with Crippen molar-refractivity contribution in [2.24, 2.45) is 4.99 Å². The molecule has 0 saturated carbocycles. The highest BCUT2D eigenvalue weighted by Gasteiger charge is 1.82. The van der Waals surface area contributed by atoms with E-state index in [4.69, 9.17) is 0 Å². The SMILES string of the molecule is CCCN=Cc1cccnc1. The molecule has 0 atom stereocenters. The van der Waals surface area contributed by atoms with Crippen LogP contribution in [0.4, 0.5) is 0 Å². The maximum absolute atomic E-state index is 4.20. The molecule has 0 N–H and O–H groups in total. The molecule has 11 heavy (non-hydrogen) atoms. The van der Waals surface area contributed by atoms with E-state index in [1.54, 1.807) is 12.4 Å². The topological polar surface area (TPSA) is 25.2 Å². The van der Waals surface area contributed by atoms with E-state index in [1.165, 1.54) is 0 Å². The molecule has 1 aromatic heterocycles. The highest BCUT2D eigenvalue weighted by molar-refractivity contribution is 5.78. The average Bonchev–Trinajstić information content (AvgIpc) is 2.07. The van der Waals surface area contributed by atoms with Crippen LogP contribution in [0.1, 0.15) is 18.9 Å². The lowest BCUT2D eigenvalue weighted by Crippen LogP contribution is -1.83. The lowest BCUT2D eigenvalue weighted by Gasteiger charge is -1.88. The molecule has 0 radical (unpaired) electrons. The van der Waals surface area contributed by atoms with Crippen LogP contribution >= 0.6 is 0 Å². The molecule has 0 aliphatic rings. The first-order valence-electron chi connectivity index (χ1n) is 3.83. The lowest BCUT2D eigenvalue weighted by atomic mass is 10.3. The molecule has 0 aliphatic heterocycles. The zero-order chi connectivity index (χ0) is 7.94. The monoisotopic (exact) mass is 148 g/mol. The van der Waals surface area contributed by atoms with E-state index in [0.717, 1.165) is 18.5 Å². The van der Waals surface area contributed by atoms with E-state index in [9.17, 15) is 0 Å². The van der Waals surface area contributed by atoms with Crippen LogP contribution in [-0.4, -0.2) is 17.7 Å². The third-order valence-electron chi connectivity index (χ3n) is 1.28. The molecule has 1 aromatic rings. The third-order valence-corrected chi connectivity index (χ3v) is 1.28. The van der Waals surface area contributed by atoms with Crippen LogP contribution < -0.4 is 0 Å². The number of aliphatic imine (C=N–C) groups is 1. The Morgan fingerprint density at radius 3 is 3.18 bits per heavy atom. The van der Waals surface area contributed by atoms with Crippen molar-refractivity contribution in [1.82, 2.24) is 4.98 Å². The quantitative estimate of drug-likeness (QED) is 0.601. The molecule has 0 saturated heterocycles. The molecule has 0 aliphatic carbocycles. The molecule has 58 valence electrons. The van der Waals surface area contributed by atoms with E-state index in [-0.39, 0.29) is 0 Å². The molecule has 0 aromatic carbocycles. The summed E-state index contributed by atoms with van der Waals surface area (Å²) in [5.74, 6) is 0. The number of hydrogen-bond donors (Lipinski definition) is 0. The minimum Gasteiger partial charge on any atom is -0.293 e. The molecule has 2 heteroatoms. The largest absolute Gasteiger partial charge is 0.293 e. The first-order chi connectivity index (χ1) is 5.43. The maximum Gasteiger partial charge on any atom is 0.0386 e. The summed E-state index contributed by atoms with van der Waals surface area (Å²) < 4.78 is 0. The molecule has 0 unspecified atom stereocenters. The van der Waals surface area contributed by atoms with E-state index in [1.807, 2.05) is 18.3 Å². The molecule has 0 fully saturated rings. The number of pyridine rings is 1. The number of aromatic nitrogens is 1. The van der Waals surface area contributed by atoms with Crippen LogP contribution in [0.15, 0.2) is 29.5 Å². The first-order valence-corrected chi connectivity index (χ1v) is 3.83. The Kier molecular flexibility index (Phi) is 3.32. The standard InChI is InChI=1S/C9H12N2/c1-2-5-10-7-9-4-3-6-11-8-9/h3-4,6-8H,2,5H2,1H3. The predicted octanol–water partition coefficient (Wildman–Crippen LogP) is 1.91. The number of rotatable bonds is 3. The van der Waals surface area contributed by atoms with Crippen molar-refractivity contribution in [3.05, 3.63) is 30.1 Å². The van der Waals surface area contributed by atoms with Crippen molar-refractivity contribution in [2.75, 3.05) is 6.54 Å². The van der Waals surface area contributed by atoms with E-state index in [2.05, 4.69) is 16.9 Å². The Morgan fingerprint density at radius 1 is 1.64 bits per heavy atom. The van der Waals surface area contributed by atoms with Gasteiger partial charge in [-0.25, -0.2) is 0 Å². The predicted molar refractivity (Wildman–Crippen MR) is 47.0 cm³/mol. The summed E-state index contributed by atoms with van der Waals surface area (Å²) in [6.07, 6.45) is 6.52.